The van der Waals surface area contributed by atoms with Crippen molar-refractivity contribution in [1.82, 2.24) is 20.5 Å². The predicted octanol–water partition coefficient (Wildman–Crippen LogP) is 2.63. The van der Waals surface area contributed by atoms with E-state index < -0.39 is 0 Å². The molecule has 1 aromatic heterocycles. The molecule has 6 nitrogen and oxygen atoms in total. The second kappa shape index (κ2) is 11.2. The summed E-state index contributed by atoms with van der Waals surface area (Å²) in [5.41, 5.74) is 3.72. The van der Waals surface area contributed by atoms with E-state index in [1.165, 1.54) is 16.7 Å². The summed E-state index contributed by atoms with van der Waals surface area (Å²) in [5.74, 6) is 1.86. The molecule has 1 fully saturated rings. The van der Waals surface area contributed by atoms with E-state index in [9.17, 15) is 0 Å². The van der Waals surface area contributed by atoms with Crippen molar-refractivity contribution in [2.75, 3.05) is 45.2 Å². The lowest BCUT2D eigenvalue weighted by atomic mass is 10.1. The highest BCUT2D eigenvalue weighted by Crippen LogP contribution is 2.14. The molecule has 0 bridgehead atoms. The van der Waals surface area contributed by atoms with Crippen molar-refractivity contribution in [2.45, 2.75) is 20.0 Å². The molecular weight excluding hydrogens is 463 g/mol. The molecule has 2 heterocycles. The highest BCUT2D eigenvalue weighted by atomic mass is 127. The Hall–Kier alpha value is -1.87. The largest absolute Gasteiger partial charge is 0.354 e. The summed E-state index contributed by atoms with van der Waals surface area (Å²) in [6.07, 6.45) is 1.90. The minimum atomic E-state index is 0. The van der Waals surface area contributed by atoms with Crippen LogP contribution in [0.3, 0.4) is 0 Å². The molecule has 3 rings (SSSR count). The lowest BCUT2D eigenvalue weighted by Gasteiger charge is -2.33. The monoisotopic (exact) mass is 494 g/mol. The second-order valence-electron chi connectivity index (χ2n) is 7.08. The second-order valence-corrected chi connectivity index (χ2v) is 7.08. The Balaban J connectivity index is 0.00000280. The molecular formula is C21H31IN6. The fourth-order valence-corrected chi connectivity index (χ4v) is 3.08. The topological polar surface area (TPSA) is 55.8 Å². The van der Waals surface area contributed by atoms with E-state index in [2.05, 4.69) is 80.8 Å². The van der Waals surface area contributed by atoms with Crippen LogP contribution in [0.4, 0.5) is 5.82 Å². The van der Waals surface area contributed by atoms with Crippen LogP contribution in [0.5, 0.6) is 0 Å². The first-order chi connectivity index (χ1) is 13.1. The van der Waals surface area contributed by atoms with Gasteiger partial charge in [-0.15, -0.1) is 24.0 Å². The van der Waals surface area contributed by atoms with Crippen LogP contribution in [0.1, 0.15) is 16.7 Å². The molecule has 28 heavy (non-hydrogen) atoms. The highest BCUT2D eigenvalue weighted by Gasteiger charge is 2.15. The highest BCUT2D eigenvalue weighted by molar-refractivity contribution is 14.0. The predicted molar refractivity (Wildman–Crippen MR) is 128 cm³/mol. The van der Waals surface area contributed by atoms with Crippen molar-refractivity contribution in [3.8, 4) is 0 Å². The number of anilines is 1. The summed E-state index contributed by atoms with van der Waals surface area (Å²) in [4.78, 5) is 13.6. The quantitative estimate of drug-likeness (QED) is 0.381. The maximum atomic E-state index is 4.55. The SMILES string of the molecule is CN=C(NCc1ccc(C)cc1)NCc1ccnc(N2CCN(C)CC2)c1.I. The third-order valence-corrected chi connectivity index (χ3v) is 4.90. The van der Waals surface area contributed by atoms with Gasteiger partial charge < -0.3 is 20.4 Å². The van der Waals surface area contributed by atoms with Gasteiger partial charge >= 0.3 is 0 Å². The van der Waals surface area contributed by atoms with Gasteiger partial charge in [0.05, 0.1) is 0 Å². The number of aliphatic imine (C=N–C) groups is 1. The lowest BCUT2D eigenvalue weighted by molar-refractivity contribution is 0.312. The maximum Gasteiger partial charge on any atom is 0.191 e. The zero-order valence-electron chi connectivity index (χ0n) is 17.0. The minimum absolute atomic E-state index is 0. The van der Waals surface area contributed by atoms with E-state index in [1.54, 1.807) is 7.05 Å². The fraction of sp³-hybridized carbons (Fsp3) is 0.429. The van der Waals surface area contributed by atoms with Gasteiger partial charge in [0.2, 0.25) is 0 Å². The fourth-order valence-electron chi connectivity index (χ4n) is 3.08. The molecule has 0 atom stereocenters. The summed E-state index contributed by atoms with van der Waals surface area (Å²) in [6, 6.07) is 12.8. The Morgan fingerprint density at radius 3 is 2.29 bits per heavy atom. The van der Waals surface area contributed by atoms with Crippen LogP contribution >= 0.6 is 24.0 Å². The molecule has 1 aliphatic heterocycles. The van der Waals surface area contributed by atoms with Crippen LogP contribution < -0.4 is 15.5 Å². The van der Waals surface area contributed by atoms with E-state index >= 15 is 0 Å². The molecule has 1 aliphatic rings. The number of aromatic nitrogens is 1. The molecule has 1 aromatic carbocycles. The Morgan fingerprint density at radius 1 is 1.00 bits per heavy atom. The number of aryl methyl sites for hydroxylation is 1. The standard InChI is InChI=1S/C21H30N6.HI/c1-17-4-6-18(7-5-17)15-24-21(22-2)25-16-19-8-9-23-20(14-19)27-12-10-26(3)11-13-27;/h4-9,14H,10-13,15-16H2,1-3H3,(H2,22,24,25);1H. The van der Waals surface area contributed by atoms with Gasteiger partial charge in [0.1, 0.15) is 5.82 Å². The van der Waals surface area contributed by atoms with Crippen LogP contribution in [-0.2, 0) is 13.1 Å². The van der Waals surface area contributed by atoms with Crippen LogP contribution in [0.15, 0.2) is 47.6 Å². The molecule has 0 aliphatic carbocycles. The van der Waals surface area contributed by atoms with Gasteiger partial charge in [0.15, 0.2) is 5.96 Å². The number of nitrogens with zero attached hydrogens (tertiary/aromatic N) is 4. The van der Waals surface area contributed by atoms with Gasteiger partial charge in [0, 0.05) is 52.5 Å². The molecule has 0 saturated carbocycles. The smallest absolute Gasteiger partial charge is 0.191 e. The normalized spacial score (nSPS) is 15.1. The number of benzene rings is 1. The average molecular weight is 494 g/mol. The van der Waals surface area contributed by atoms with Crippen LogP contribution in [0.25, 0.3) is 0 Å². The number of likely N-dealkylation sites (N-methyl/N-ethyl adjacent to an activating group) is 1. The van der Waals surface area contributed by atoms with Crippen molar-refractivity contribution >= 4 is 35.8 Å². The average Bonchev–Trinajstić information content (AvgIpc) is 2.70. The number of guanidine groups is 1. The van der Waals surface area contributed by atoms with Gasteiger partial charge in [-0.05, 0) is 37.2 Å². The van der Waals surface area contributed by atoms with Gasteiger partial charge in [-0.2, -0.15) is 0 Å². The van der Waals surface area contributed by atoms with E-state index in [0.717, 1.165) is 51.0 Å². The lowest BCUT2D eigenvalue weighted by Crippen LogP contribution is -2.44. The van der Waals surface area contributed by atoms with Crippen LogP contribution in [0, 0.1) is 6.92 Å². The molecule has 2 aromatic rings. The number of pyridine rings is 1. The third kappa shape index (κ3) is 6.63. The summed E-state index contributed by atoms with van der Waals surface area (Å²) in [6.45, 7) is 7.79. The number of nitrogens with one attached hydrogen (secondary N) is 2. The first-order valence-corrected chi connectivity index (χ1v) is 9.52. The third-order valence-electron chi connectivity index (χ3n) is 4.90. The van der Waals surface area contributed by atoms with E-state index in [4.69, 9.17) is 0 Å². The van der Waals surface area contributed by atoms with Gasteiger partial charge in [-0.1, -0.05) is 29.8 Å². The summed E-state index contributed by atoms with van der Waals surface area (Å²) in [5, 5.41) is 6.75. The number of hydrogen-bond acceptors (Lipinski definition) is 4. The molecule has 7 heteroatoms. The van der Waals surface area contributed by atoms with E-state index in [-0.39, 0.29) is 24.0 Å². The van der Waals surface area contributed by atoms with Crippen molar-refractivity contribution in [1.29, 1.82) is 0 Å². The zero-order valence-corrected chi connectivity index (χ0v) is 19.3. The first kappa shape index (κ1) is 22.4. The minimum Gasteiger partial charge on any atom is -0.354 e. The van der Waals surface area contributed by atoms with Crippen molar-refractivity contribution < 1.29 is 0 Å². The first-order valence-electron chi connectivity index (χ1n) is 9.52. The Kier molecular flexibility index (Phi) is 8.98. The van der Waals surface area contributed by atoms with Gasteiger partial charge in [-0.3, -0.25) is 4.99 Å². The molecule has 0 spiro atoms. The number of hydrogen-bond donors (Lipinski definition) is 2. The summed E-state index contributed by atoms with van der Waals surface area (Å²) < 4.78 is 0. The van der Waals surface area contributed by atoms with E-state index in [0.29, 0.717) is 0 Å². The summed E-state index contributed by atoms with van der Waals surface area (Å²) in [7, 11) is 3.97. The van der Waals surface area contributed by atoms with E-state index in [1.807, 2.05) is 6.20 Å². The molecule has 0 radical (unpaired) electrons. The molecule has 0 unspecified atom stereocenters. The van der Waals surface area contributed by atoms with Crippen molar-refractivity contribution in [3.05, 3.63) is 59.3 Å². The molecule has 1 saturated heterocycles. The van der Waals surface area contributed by atoms with Gasteiger partial charge in [0.25, 0.3) is 0 Å². The number of piperazine rings is 1. The van der Waals surface area contributed by atoms with Crippen LogP contribution in [0.2, 0.25) is 0 Å². The molecule has 2 N–H and O–H groups in total. The molecule has 0 amide bonds. The summed E-state index contributed by atoms with van der Waals surface area (Å²) >= 11 is 0. The van der Waals surface area contributed by atoms with Gasteiger partial charge in [-0.25, -0.2) is 4.98 Å². The Bertz CT molecular complexity index is 754. The number of rotatable bonds is 5. The molecule has 152 valence electrons. The number of halogens is 1. The van der Waals surface area contributed by atoms with Crippen molar-refractivity contribution in [3.63, 3.8) is 0 Å². The zero-order chi connectivity index (χ0) is 19.1. The Labute approximate surface area is 185 Å². The van der Waals surface area contributed by atoms with Crippen LogP contribution in [-0.4, -0.2) is 56.1 Å². The van der Waals surface area contributed by atoms with Crippen molar-refractivity contribution in [2.24, 2.45) is 4.99 Å². The Morgan fingerprint density at radius 2 is 1.64 bits per heavy atom. The maximum absolute atomic E-state index is 4.55.